The minimum absolute atomic E-state index is 0.0810. The Hall–Kier alpha value is -2.71. The highest BCUT2D eigenvalue weighted by Crippen LogP contribution is 2.24. The standard InChI is InChI=1S/C23H23ClN2O4S/c1-30-16-15-25-31(28,29)21-13-9-19(10-14-21)23(27)26-22(17-5-3-2-4-6-17)18-7-11-20(24)12-8-18/h2-14,22,25H,15-16H2,1H3,(H,26,27). The van der Waals surface area contributed by atoms with Gasteiger partial charge in [-0.2, -0.15) is 0 Å². The molecule has 3 aromatic carbocycles. The van der Waals surface area contributed by atoms with Gasteiger partial charge in [-0.3, -0.25) is 4.79 Å². The summed E-state index contributed by atoms with van der Waals surface area (Å²) in [6, 6.07) is 22.3. The minimum atomic E-state index is -3.66. The zero-order valence-corrected chi connectivity index (χ0v) is 18.5. The van der Waals surface area contributed by atoms with E-state index in [0.717, 1.165) is 11.1 Å². The predicted molar refractivity (Wildman–Crippen MR) is 121 cm³/mol. The summed E-state index contributed by atoms with van der Waals surface area (Å²) in [6.45, 7) is 0.437. The third-order valence-corrected chi connectivity index (χ3v) is 6.37. The molecule has 0 fully saturated rings. The Bertz CT molecular complexity index is 1100. The molecular formula is C23H23ClN2O4S. The Kier molecular flexibility index (Phi) is 7.81. The SMILES string of the molecule is COCCNS(=O)(=O)c1ccc(C(=O)NC(c2ccccc2)c2ccc(Cl)cc2)cc1. The van der Waals surface area contributed by atoms with Crippen LogP contribution < -0.4 is 10.0 Å². The van der Waals surface area contributed by atoms with Crippen molar-refractivity contribution in [3.8, 4) is 0 Å². The lowest BCUT2D eigenvalue weighted by molar-refractivity contribution is 0.0943. The molecule has 0 aliphatic rings. The van der Waals surface area contributed by atoms with Gasteiger partial charge in [-0.1, -0.05) is 54.1 Å². The van der Waals surface area contributed by atoms with Gasteiger partial charge in [-0.15, -0.1) is 0 Å². The number of halogens is 1. The lowest BCUT2D eigenvalue weighted by Gasteiger charge is -2.20. The fourth-order valence-corrected chi connectivity index (χ4v) is 4.16. The topological polar surface area (TPSA) is 84.5 Å². The monoisotopic (exact) mass is 458 g/mol. The molecule has 1 atom stereocenters. The molecule has 8 heteroatoms. The van der Waals surface area contributed by atoms with Gasteiger partial charge in [-0.05, 0) is 47.5 Å². The Labute approximate surface area is 187 Å². The number of rotatable bonds is 9. The van der Waals surface area contributed by atoms with Gasteiger partial charge in [0.25, 0.3) is 5.91 Å². The van der Waals surface area contributed by atoms with Crippen LogP contribution in [0.4, 0.5) is 0 Å². The van der Waals surface area contributed by atoms with E-state index in [1.165, 1.54) is 31.4 Å². The highest BCUT2D eigenvalue weighted by atomic mass is 35.5. The molecule has 0 bridgehead atoms. The molecule has 3 aromatic rings. The Morgan fingerprint density at radius 1 is 0.935 bits per heavy atom. The van der Waals surface area contributed by atoms with E-state index in [1.807, 2.05) is 42.5 Å². The summed E-state index contributed by atoms with van der Waals surface area (Å²) in [4.78, 5) is 13.0. The molecule has 0 saturated heterocycles. The van der Waals surface area contributed by atoms with Crippen LogP contribution in [-0.4, -0.2) is 34.6 Å². The van der Waals surface area contributed by atoms with E-state index in [9.17, 15) is 13.2 Å². The molecule has 3 rings (SSSR count). The zero-order chi connectivity index (χ0) is 22.3. The van der Waals surface area contributed by atoms with Crippen molar-refractivity contribution in [3.05, 3.63) is 101 Å². The maximum atomic E-state index is 12.9. The molecule has 0 aliphatic heterocycles. The average molecular weight is 459 g/mol. The van der Waals surface area contributed by atoms with Crippen molar-refractivity contribution >= 4 is 27.5 Å². The third kappa shape index (κ3) is 6.15. The molecule has 1 amide bonds. The molecule has 0 aromatic heterocycles. The van der Waals surface area contributed by atoms with E-state index >= 15 is 0 Å². The number of hydrogen-bond acceptors (Lipinski definition) is 4. The second-order valence-electron chi connectivity index (χ2n) is 6.78. The number of amides is 1. The summed E-state index contributed by atoms with van der Waals surface area (Å²) in [5.74, 6) is -0.319. The van der Waals surface area contributed by atoms with Gasteiger partial charge >= 0.3 is 0 Å². The summed E-state index contributed by atoms with van der Waals surface area (Å²) in [7, 11) is -2.17. The lowest BCUT2D eigenvalue weighted by atomic mass is 9.98. The molecule has 6 nitrogen and oxygen atoms in total. The summed E-state index contributed by atoms with van der Waals surface area (Å²) < 4.78 is 31.9. The predicted octanol–water partition coefficient (Wildman–Crippen LogP) is 3.78. The van der Waals surface area contributed by atoms with Crippen LogP contribution in [0.3, 0.4) is 0 Å². The number of hydrogen-bond donors (Lipinski definition) is 2. The average Bonchev–Trinajstić information content (AvgIpc) is 2.79. The van der Waals surface area contributed by atoms with Crippen LogP contribution in [0.15, 0.2) is 83.8 Å². The number of carbonyl (C=O) groups is 1. The number of nitrogens with one attached hydrogen (secondary N) is 2. The van der Waals surface area contributed by atoms with Crippen molar-refractivity contribution in [1.29, 1.82) is 0 Å². The summed E-state index contributed by atoms with van der Waals surface area (Å²) in [5, 5.41) is 3.63. The molecular weight excluding hydrogens is 436 g/mol. The Balaban J connectivity index is 1.80. The van der Waals surface area contributed by atoms with Crippen molar-refractivity contribution in [3.63, 3.8) is 0 Å². The van der Waals surface area contributed by atoms with Gasteiger partial charge < -0.3 is 10.1 Å². The summed E-state index contributed by atoms with van der Waals surface area (Å²) >= 11 is 6.01. The van der Waals surface area contributed by atoms with Crippen LogP contribution in [-0.2, 0) is 14.8 Å². The Morgan fingerprint density at radius 3 is 2.16 bits per heavy atom. The molecule has 162 valence electrons. The van der Waals surface area contributed by atoms with Crippen molar-refractivity contribution in [2.45, 2.75) is 10.9 Å². The summed E-state index contributed by atoms with van der Waals surface area (Å²) in [5.41, 5.74) is 2.15. The largest absolute Gasteiger partial charge is 0.383 e. The maximum Gasteiger partial charge on any atom is 0.252 e. The molecule has 0 saturated carbocycles. The Morgan fingerprint density at radius 2 is 1.55 bits per heavy atom. The number of methoxy groups -OCH3 is 1. The smallest absolute Gasteiger partial charge is 0.252 e. The molecule has 2 N–H and O–H groups in total. The normalized spacial score (nSPS) is 12.3. The molecule has 0 aliphatic carbocycles. The van der Waals surface area contributed by atoms with Gasteiger partial charge in [0.05, 0.1) is 17.5 Å². The van der Waals surface area contributed by atoms with Crippen molar-refractivity contribution in [2.75, 3.05) is 20.3 Å². The van der Waals surface area contributed by atoms with E-state index in [0.29, 0.717) is 10.6 Å². The van der Waals surface area contributed by atoms with E-state index in [2.05, 4.69) is 10.0 Å². The van der Waals surface area contributed by atoms with Crippen LogP contribution in [0.2, 0.25) is 5.02 Å². The number of ether oxygens (including phenoxy) is 1. The van der Waals surface area contributed by atoms with Crippen LogP contribution >= 0.6 is 11.6 Å². The van der Waals surface area contributed by atoms with Gasteiger partial charge in [0.1, 0.15) is 0 Å². The van der Waals surface area contributed by atoms with Gasteiger partial charge in [-0.25, -0.2) is 13.1 Å². The second kappa shape index (κ2) is 10.5. The fourth-order valence-electron chi connectivity index (χ4n) is 3.02. The van der Waals surface area contributed by atoms with E-state index in [1.54, 1.807) is 12.1 Å². The van der Waals surface area contributed by atoms with Gasteiger partial charge in [0, 0.05) is 24.2 Å². The van der Waals surface area contributed by atoms with Crippen molar-refractivity contribution in [1.82, 2.24) is 10.0 Å². The van der Waals surface area contributed by atoms with Gasteiger partial charge in [0.2, 0.25) is 10.0 Å². The van der Waals surface area contributed by atoms with Crippen LogP contribution in [0.25, 0.3) is 0 Å². The van der Waals surface area contributed by atoms with E-state index in [4.69, 9.17) is 16.3 Å². The summed E-state index contributed by atoms with van der Waals surface area (Å²) in [6.07, 6.45) is 0. The molecule has 31 heavy (non-hydrogen) atoms. The molecule has 0 radical (unpaired) electrons. The second-order valence-corrected chi connectivity index (χ2v) is 8.99. The number of sulfonamides is 1. The maximum absolute atomic E-state index is 12.9. The van der Waals surface area contributed by atoms with E-state index < -0.39 is 10.0 Å². The molecule has 0 spiro atoms. The highest BCUT2D eigenvalue weighted by molar-refractivity contribution is 7.89. The first-order valence-electron chi connectivity index (χ1n) is 9.60. The minimum Gasteiger partial charge on any atom is -0.383 e. The van der Waals surface area contributed by atoms with Crippen molar-refractivity contribution in [2.24, 2.45) is 0 Å². The zero-order valence-electron chi connectivity index (χ0n) is 16.9. The van der Waals surface area contributed by atoms with Gasteiger partial charge in [0.15, 0.2) is 0 Å². The highest BCUT2D eigenvalue weighted by Gasteiger charge is 2.19. The molecule has 1 unspecified atom stereocenters. The first-order valence-corrected chi connectivity index (χ1v) is 11.5. The first kappa shape index (κ1) is 23.0. The van der Waals surface area contributed by atoms with Crippen LogP contribution in [0.1, 0.15) is 27.5 Å². The first-order chi connectivity index (χ1) is 14.9. The number of carbonyl (C=O) groups excluding carboxylic acids is 1. The fraction of sp³-hybridized carbons (Fsp3) is 0.174. The number of benzene rings is 3. The molecule has 0 heterocycles. The van der Waals surface area contributed by atoms with E-state index in [-0.39, 0.29) is 30.0 Å². The van der Waals surface area contributed by atoms with Crippen LogP contribution in [0, 0.1) is 0 Å². The third-order valence-electron chi connectivity index (χ3n) is 4.64. The lowest BCUT2D eigenvalue weighted by Crippen LogP contribution is -2.29. The van der Waals surface area contributed by atoms with Crippen LogP contribution in [0.5, 0.6) is 0 Å². The quantitative estimate of drug-likeness (QED) is 0.478. The van der Waals surface area contributed by atoms with Crippen molar-refractivity contribution < 1.29 is 17.9 Å².